The Balaban J connectivity index is 2.07. The average molecular weight is 268 g/mol. The standard InChI is InChI=1S/C18H24N2/c1-13(2)17-9-4-14(3)18(10-17)20-12-16-7-5-15(11-19)6-8-16/h4-10,13,20H,11-12,19H2,1-3H3. The van der Waals surface area contributed by atoms with E-state index in [-0.39, 0.29) is 0 Å². The summed E-state index contributed by atoms with van der Waals surface area (Å²) in [6.07, 6.45) is 0. The number of hydrogen-bond acceptors (Lipinski definition) is 2. The summed E-state index contributed by atoms with van der Waals surface area (Å²) >= 11 is 0. The smallest absolute Gasteiger partial charge is 0.0400 e. The predicted octanol–water partition coefficient (Wildman–Crippen LogP) is 4.19. The van der Waals surface area contributed by atoms with E-state index in [0.29, 0.717) is 12.5 Å². The Hall–Kier alpha value is -1.80. The fourth-order valence-electron chi connectivity index (χ4n) is 2.18. The van der Waals surface area contributed by atoms with Gasteiger partial charge in [-0.05, 0) is 41.2 Å². The molecule has 2 rings (SSSR count). The van der Waals surface area contributed by atoms with Crippen LogP contribution in [0.15, 0.2) is 42.5 Å². The first kappa shape index (κ1) is 14.6. The predicted molar refractivity (Wildman–Crippen MR) is 86.9 cm³/mol. The van der Waals surface area contributed by atoms with Crippen LogP contribution < -0.4 is 11.1 Å². The minimum Gasteiger partial charge on any atom is -0.381 e. The lowest BCUT2D eigenvalue weighted by molar-refractivity contribution is 0.866. The molecule has 0 aliphatic heterocycles. The zero-order chi connectivity index (χ0) is 14.5. The number of rotatable bonds is 5. The molecule has 2 aromatic carbocycles. The molecule has 0 fully saturated rings. The molecule has 106 valence electrons. The van der Waals surface area contributed by atoms with Gasteiger partial charge in [0, 0.05) is 18.8 Å². The van der Waals surface area contributed by atoms with Crippen molar-refractivity contribution < 1.29 is 0 Å². The van der Waals surface area contributed by atoms with Crippen LogP contribution in [0.25, 0.3) is 0 Å². The Morgan fingerprint density at radius 3 is 2.25 bits per heavy atom. The molecule has 0 radical (unpaired) electrons. The maximum absolute atomic E-state index is 5.61. The van der Waals surface area contributed by atoms with Gasteiger partial charge in [-0.1, -0.05) is 50.2 Å². The summed E-state index contributed by atoms with van der Waals surface area (Å²) in [7, 11) is 0. The maximum atomic E-state index is 5.61. The van der Waals surface area contributed by atoms with E-state index < -0.39 is 0 Å². The first-order valence-electron chi connectivity index (χ1n) is 7.22. The van der Waals surface area contributed by atoms with Crippen molar-refractivity contribution in [3.63, 3.8) is 0 Å². The third-order valence-electron chi connectivity index (χ3n) is 3.67. The molecule has 0 saturated carbocycles. The molecule has 0 amide bonds. The molecule has 3 N–H and O–H groups in total. The van der Waals surface area contributed by atoms with Gasteiger partial charge in [-0.2, -0.15) is 0 Å². The summed E-state index contributed by atoms with van der Waals surface area (Å²) in [5.41, 5.74) is 11.9. The number of nitrogens with one attached hydrogen (secondary N) is 1. The van der Waals surface area contributed by atoms with Crippen LogP contribution in [0.2, 0.25) is 0 Å². The van der Waals surface area contributed by atoms with Crippen LogP contribution in [-0.2, 0) is 13.1 Å². The second kappa shape index (κ2) is 6.58. The minimum absolute atomic E-state index is 0.556. The monoisotopic (exact) mass is 268 g/mol. The van der Waals surface area contributed by atoms with Crippen LogP contribution in [0.5, 0.6) is 0 Å². The van der Waals surface area contributed by atoms with E-state index >= 15 is 0 Å². The number of hydrogen-bond donors (Lipinski definition) is 2. The summed E-state index contributed by atoms with van der Waals surface area (Å²) in [6, 6.07) is 15.1. The number of aryl methyl sites for hydroxylation is 1. The maximum Gasteiger partial charge on any atom is 0.0400 e. The first-order chi connectivity index (χ1) is 9.60. The molecule has 0 saturated heterocycles. The molecule has 0 bridgehead atoms. The zero-order valence-corrected chi connectivity index (χ0v) is 12.6. The van der Waals surface area contributed by atoms with Crippen LogP contribution in [0, 0.1) is 6.92 Å². The van der Waals surface area contributed by atoms with Gasteiger partial charge in [0.15, 0.2) is 0 Å². The van der Waals surface area contributed by atoms with Crippen LogP contribution >= 0.6 is 0 Å². The highest BCUT2D eigenvalue weighted by atomic mass is 14.9. The Morgan fingerprint density at radius 1 is 1.00 bits per heavy atom. The van der Waals surface area contributed by atoms with E-state index in [1.807, 2.05) is 0 Å². The first-order valence-corrected chi connectivity index (χ1v) is 7.22. The number of nitrogens with two attached hydrogens (primary N) is 1. The van der Waals surface area contributed by atoms with Gasteiger partial charge in [0.1, 0.15) is 0 Å². The molecule has 0 atom stereocenters. The molecule has 2 aromatic rings. The summed E-state index contributed by atoms with van der Waals surface area (Å²) in [5, 5.41) is 3.53. The topological polar surface area (TPSA) is 38.0 Å². The molecule has 0 unspecified atom stereocenters. The van der Waals surface area contributed by atoms with Gasteiger partial charge in [0.25, 0.3) is 0 Å². The number of anilines is 1. The normalized spacial score (nSPS) is 10.8. The van der Waals surface area contributed by atoms with Crippen molar-refractivity contribution in [2.45, 2.75) is 39.8 Å². The van der Waals surface area contributed by atoms with Crippen molar-refractivity contribution in [2.24, 2.45) is 5.73 Å². The van der Waals surface area contributed by atoms with E-state index in [1.54, 1.807) is 0 Å². The molecule has 2 nitrogen and oxygen atoms in total. The third kappa shape index (κ3) is 3.61. The van der Waals surface area contributed by atoms with Crippen molar-refractivity contribution >= 4 is 5.69 Å². The SMILES string of the molecule is Cc1ccc(C(C)C)cc1NCc1ccc(CN)cc1. The van der Waals surface area contributed by atoms with Crippen molar-refractivity contribution in [1.82, 2.24) is 0 Å². The molecule has 20 heavy (non-hydrogen) atoms. The Bertz CT molecular complexity index is 556. The van der Waals surface area contributed by atoms with E-state index in [2.05, 4.69) is 68.6 Å². The quantitative estimate of drug-likeness (QED) is 0.853. The van der Waals surface area contributed by atoms with Crippen LogP contribution in [0.4, 0.5) is 5.69 Å². The van der Waals surface area contributed by atoms with E-state index in [4.69, 9.17) is 5.73 Å². The fraction of sp³-hybridized carbons (Fsp3) is 0.333. The van der Waals surface area contributed by atoms with Gasteiger partial charge in [0.2, 0.25) is 0 Å². The van der Waals surface area contributed by atoms with Crippen molar-refractivity contribution in [3.05, 3.63) is 64.7 Å². The number of benzene rings is 2. The van der Waals surface area contributed by atoms with Gasteiger partial charge in [-0.3, -0.25) is 0 Å². The summed E-state index contributed by atoms with van der Waals surface area (Å²) < 4.78 is 0. The lowest BCUT2D eigenvalue weighted by atomic mass is 10.0. The van der Waals surface area contributed by atoms with Crippen LogP contribution in [-0.4, -0.2) is 0 Å². The molecule has 0 aliphatic carbocycles. The average Bonchev–Trinajstić information content (AvgIpc) is 2.46. The van der Waals surface area contributed by atoms with E-state index in [0.717, 1.165) is 6.54 Å². The minimum atomic E-state index is 0.556. The van der Waals surface area contributed by atoms with Gasteiger partial charge in [-0.25, -0.2) is 0 Å². The lowest BCUT2D eigenvalue weighted by Gasteiger charge is -2.13. The summed E-state index contributed by atoms with van der Waals surface area (Å²) in [4.78, 5) is 0. The molecule has 0 aromatic heterocycles. The van der Waals surface area contributed by atoms with Crippen molar-refractivity contribution in [3.8, 4) is 0 Å². The highest BCUT2D eigenvalue weighted by molar-refractivity contribution is 5.53. The van der Waals surface area contributed by atoms with Crippen molar-refractivity contribution in [1.29, 1.82) is 0 Å². The van der Waals surface area contributed by atoms with Gasteiger partial charge >= 0.3 is 0 Å². The summed E-state index contributed by atoms with van der Waals surface area (Å²) in [5.74, 6) is 0.556. The second-order valence-electron chi connectivity index (χ2n) is 5.60. The molecular weight excluding hydrogens is 244 g/mol. The Labute approximate surface area is 122 Å². The molecular formula is C18H24N2. The van der Waals surface area contributed by atoms with Crippen LogP contribution in [0.1, 0.15) is 42.0 Å². The van der Waals surface area contributed by atoms with E-state index in [1.165, 1.54) is 27.9 Å². The highest BCUT2D eigenvalue weighted by Crippen LogP contribution is 2.22. The van der Waals surface area contributed by atoms with Gasteiger partial charge in [-0.15, -0.1) is 0 Å². The van der Waals surface area contributed by atoms with Crippen LogP contribution in [0.3, 0.4) is 0 Å². The fourth-order valence-corrected chi connectivity index (χ4v) is 2.18. The highest BCUT2D eigenvalue weighted by Gasteiger charge is 2.03. The lowest BCUT2D eigenvalue weighted by Crippen LogP contribution is -2.03. The molecule has 2 heteroatoms. The molecule has 0 spiro atoms. The Morgan fingerprint density at radius 2 is 1.65 bits per heavy atom. The summed E-state index contributed by atoms with van der Waals surface area (Å²) in [6.45, 7) is 8.03. The second-order valence-corrected chi connectivity index (χ2v) is 5.60. The Kier molecular flexibility index (Phi) is 4.80. The zero-order valence-electron chi connectivity index (χ0n) is 12.6. The molecule has 0 heterocycles. The van der Waals surface area contributed by atoms with Crippen molar-refractivity contribution in [2.75, 3.05) is 5.32 Å². The molecule has 0 aliphatic rings. The van der Waals surface area contributed by atoms with Gasteiger partial charge in [0.05, 0.1) is 0 Å². The van der Waals surface area contributed by atoms with E-state index in [9.17, 15) is 0 Å². The van der Waals surface area contributed by atoms with Gasteiger partial charge < -0.3 is 11.1 Å². The third-order valence-corrected chi connectivity index (χ3v) is 3.67. The largest absolute Gasteiger partial charge is 0.381 e.